The number of anilines is 1. The number of fused-ring (bicyclic) bond motifs is 2. The van der Waals surface area contributed by atoms with Crippen molar-refractivity contribution in [2.75, 3.05) is 11.9 Å². The molecule has 30 heavy (non-hydrogen) atoms. The summed E-state index contributed by atoms with van der Waals surface area (Å²) in [6, 6.07) is 4.99. The van der Waals surface area contributed by atoms with Gasteiger partial charge in [0.15, 0.2) is 0 Å². The summed E-state index contributed by atoms with van der Waals surface area (Å²) >= 11 is 0. The Balaban J connectivity index is 1.33. The first-order valence-corrected chi connectivity index (χ1v) is 10.1. The van der Waals surface area contributed by atoms with Gasteiger partial charge in [0.2, 0.25) is 17.8 Å². The molecular formula is C21H22N6O3. The molecule has 0 radical (unpaired) electrons. The van der Waals surface area contributed by atoms with Crippen molar-refractivity contribution in [1.29, 1.82) is 0 Å². The average Bonchev–Trinajstić information content (AvgIpc) is 3.09. The van der Waals surface area contributed by atoms with Crippen LogP contribution < -0.4 is 16.0 Å². The number of rotatable bonds is 4. The Hall–Kier alpha value is -3.33. The minimum absolute atomic E-state index is 0.168. The molecule has 3 aliphatic heterocycles. The van der Waals surface area contributed by atoms with Crippen LogP contribution in [-0.2, 0) is 35.6 Å². The second kappa shape index (κ2) is 7.49. The van der Waals surface area contributed by atoms with Crippen LogP contribution in [-0.4, -0.2) is 45.2 Å². The summed E-state index contributed by atoms with van der Waals surface area (Å²) in [6.45, 7) is 2.54. The first kappa shape index (κ1) is 18.7. The van der Waals surface area contributed by atoms with Crippen LogP contribution in [0.2, 0.25) is 0 Å². The van der Waals surface area contributed by atoms with E-state index < -0.39 is 11.9 Å². The van der Waals surface area contributed by atoms with Gasteiger partial charge in [-0.25, -0.2) is 9.97 Å². The molecule has 9 heteroatoms. The molecule has 154 valence electrons. The van der Waals surface area contributed by atoms with Crippen molar-refractivity contribution in [3.05, 3.63) is 52.3 Å². The van der Waals surface area contributed by atoms with Crippen LogP contribution in [0.4, 0.5) is 5.95 Å². The first-order chi connectivity index (χ1) is 14.6. The second-order valence-electron chi connectivity index (χ2n) is 7.79. The fraction of sp³-hybridized carbons (Fsp3) is 0.381. The number of nitrogens with one attached hydrogen (secondary N) is 3. The first-order valence-electron chi connectivity index (χ1n) is 10.1. The van der Waals surface area contributed by atoms with Crippen LogP contribution in [0.3, 0.4) is 0 Å². The van der Waals surface area contributed by atoms with E-state index >= 15 is 0 Å². The Labute approximate surface area is 173 Å². The van der Waals surface area contributed by atoms with Crippen LogP contribution >= 0.6 is 0 Å². The highest BCUT2D eigenvalue weighted by Crippen LogP contribution is 2.30. The van der Waals surface area contributed by atoms with Gasteiger partial charge in [0, 0.05) is 56.3 Å². The number of carbonyl (C=O) groups excluding carboxylic acids is 3. The predicted molar refractivity (Wildman–Crippen MR) is 107 cm³/mol. The molecule has 3 amide bonds. The van der Waals surface area contributed by atoms with Crippen molar-refractivity contribution < 1.29 is 14.4 Å². The van der Waals surface area contributed by atoms with Gasteiger partial charge in [-0.15, -0.1) is 0 Å². The van der Waals surface area contributed by atoms with E-state index in [-0.39, 0.29) is 18.2 Å². The molecule has 5 rings (SSSR count). The number of carbonyl (C=O) groups is 3. The molecule has 0 bridgehead atoms. The predicted octanol–water partition coefficient (Wildman–Crippen LogP) is 0.495. The van der Waals surface area contributed by atoms with Gasteiger partial charge in [-0.1, -0.05) is 12.1 Å². The quantitative estimate of drug-likeness (QED) is 0.633. The molecule has 0 spiro atoms. The standard InChI is InChI=1S/C21H22N6O3/c28-18-5-4-17(19(29)26-18)27-11-15-12(2-1-3-14(15)20(27)30)9-23-21-24-10-13-8-22-7-6-16(13)25-21/h1-3,10,17,22H,4-9,11H2,(H,23,24,25)(H,26,28,29). The van der Waals surface area contributed by atoms with Gasteiger partial charge in [-0.3, -0.25) is 19.7 Å². The van der Waals surface area contributed by atoms with E-state index in [2.05, 4.69) is 25.9 Å². The van der Waals surface area contributed by atoms with Gasteiger partial charge in [0.05, 0.1) is 5.69 Å². The van der Waals surface area contributed by atoms with Gasteiger partial charge in [-0.2, -0.15) is 0 Å². The maximum Gasteiger partial charge on any atom is 0.255 e. The lowest BCUT2D eigenvalue weighted by Crippen LogP contribution is -2.52. The minimum atomic E-state index is -0.610. The zero-order valence-electron chi connectivity index (χ0n) is 16.4. The van der Waals surface area contributed by atoms with Crippen molar-refractivity contribution in [2.24, 2.45) is 0 Å². The highest BCUT2D eigenvalue weighted by molar-refractivity contribution is 6.05. The molecule has 1 aromatic heterocycles. The molecule has 1 atom stereocenters. The number of amides is 3. The summed E-state index contributed by atoms with van der Waals surface area (Å²) in [7, 11) is 0. The molecular weight excluding hydrogens is 384 g/mol. The Morgan fingerprint density at radius 3 is 2.97 bits per heavy atom. The van der Waals surface area contributed by atoms with Gasteiger partial charge in [-0.05, 0) is 23.6 Å². The molecule has 1 aromatic carbocycles. The van der Waals surface area contributed by atoms with Crippen molar-refractivity contribution in [1.82, 2.24) is 25.5 Å². The number of aromatic nitrogens is 2. The monoisotopic (exact) mass is 406 g/mol. The fourth-order valence-corrected chi connectivity index (χ4v) is 4.31. The SMILES string of the molecule is O=C1CCC(N2Cc3c(CNc4ncc5c(n4)CCNC5)cccc3C2=O)C(=O)N1. The van der Waals surface area contributed by atoms with Crippen LogP contribution in [0.5, 0.6) is 0 Å². The van der Waals surface area contributed by atoms with Crippen molar-refractivity contribution in [2.45, 2.75) is 44.9 Å². The largest absolute Gasteiger partial charge is 0.350 e. The number of hydrogen-bond acceptors (Lipinski definition) is 7. The van der Waals surface area contributed by atoms with E-state index in [1.54, 1.807) is 11.0 Å². The lowest BCUT2D eigenvalue weighted by molar-refractivity contribution is -0.136. The zero-order chi connectivity index (χ0) is 20.7. The molecule has 3 N–H and O–H groups in total. The van der Waals surface area contributed by atoms with Crippen molar-refractivity contribution >= 4 is 23.7 Å². The molecule has 2 aromatic rings. The third-order valence-corrected chi connectivity index (χ3v) is 5.92. The summed E-state index contributed by atoms with van der Waals surface area (Å²) < 4.78 is 0. The summed E-state index contributed by atoms with van der Waals surface area (Å²) in [5, 5.41) is 8.91. The lowest BCUT2D eigenvalue weighted by Gasteiger charge is -2.29. The molecule has 0 aliphatic carbocycles. The normalized spacial score (nSPS) is 20.6. The molecule has 1 saturated heterocycles. The minimum Gasteiger partial charge on any atom is -0.350 e. The third kappa shape index (κ3) is 3.30. The number of benzene rings is 1. The van der Waals surface area contributed by atoms with Crippen LogP contribution in [0.1, 0.15) is 45.6 Å². The van der Waals surface area contributed by atoms with Gasteiger partial charge >= 0.3 is 0 Å². The Bertz CT molecular complexity index is 1050. The average molecular weight is 406 g/mol. The summed E-state index contributed by atoms with van der Waals surface area (Å²) in [5.41, 5.74) is 4.67. The number of nitrogens with zero attached hydrogens (tertiary/aromatic N) is 3. The van der Waals surface area contributed by atoms with E-state index in [9.17, 15) is 14.4 Å². The number of imide groups is 1. The van der Waals surface area contributed by atoms with Crippen LogP contribution in [0.25, 0.3) is 0 Å². The van der Waals surface area contributed by atoms with E-state index in [0.29, 0.717) is 31.0 Å². The molecule has 4 heterocycles. The summed E-state index contributed by atoms with van der Waals surface area (Å²) in [5.74, 6) is -0.284. The van der Waals surface area contributed by atoms with Crippen LogP contribution in [0.15, 0.2) is 24.4 Å². The van der Waals surface area contributed by atoms with E-state index in [1.165, 1.54) is 0 Å². The molecule has 1 unspecified atom stereocenters. The third-order valence-electron chi connectivity index (χ3n) is 5.92. The molecule has 0 saturated carbocycles. The Morgan fingerprint density at radius 1 is 1.20 bits per heavy atom. The highest BCUT2D eigenvalue weighted by Gasteiger charge is 2.39. The lowest BCUT2D eigenvalue weighted by atomic mass is 10.0. The number of piperidine rings is 1. The molecule has 3 aliphatic rings. The van der Waals surface area contributed by atoms with Gasteiger partial charge in [0.25, 0.3) is 5.91 Å². The second-order valence-corrected chi connectivity index (χ2v) is 7.79. The van der Waals surface area contributed by atoms with Crippen LogP contribution in [0, 0.1) is 0 Å². The Morgan fingerprint density at radius 2 is 2.10 bits per heavy atom. The number of hydrogen-bond donors (Lipinski definition) is 3. The molecule has 1 fully saturated rings. The Kier molecular flexibility index (Phi) is 4.66. The van der Waals surface area contributed by atoms with Gasteiger partial charge < -0.3 is 15.5 Å². The fourth-order valence-electron chi connectivity index (χ4n) is 4.31. The maximum absolute atomic E-state index is 12.9. The smallest absolute Gasteiger partial charge is 0.255 e. The highest BCUT2D eigenvalue weighted by atomic mass is 16.2. The summed E-state index contributed by atoms with van der Waals surface area (Å²) in [4.78, 5) is 47.2. The molecule has 9 nitrogen and oxygen atoms in total. The topological polar surface area (TPSA) is 116 Å². The van der Waals surface area contributed by atoms with E-state index in [1.807, 2.05) is 18.3 Å². The van der Waals surface area contributed by atoms with Crippen molar-refractivity contribution in [3.8, 4) is 0 Å². The van der Waals surface area contributed by atoms with Gasteiger partial charge in [0.1, 0.15) is 6.04 Å². The van der Waals surface area contributed by atoms with Crippen molar-refractivity contribution in [3.63, 3.8) is 0 Å². The van der Waals surface area contributed by atoms with E-state index in [0.717, 1.165) is 41.9 Å². The van der Waals surface area contributed by atoms with E-state index in [4.69, 9.17) is 0 Å². The maximum atomic E-state index is 12.9. The summed E-state index contributed by atoms with van der Waals surface area (Å²) in [6.07, 6.45) is 3.33. The zero-order valence-corrected chi connectivity index (χ0v) is 16.4.